The fraction of sp³-hybridized carbons (Fsp3) is 1.00. The molecule has 0 aliphatic rings. The molecule has 0 heterocycles. The number of rotatable bonds is 14. The van der Waals surface area contributed by atoms with Gasteiger partial charge in [0.2, 0.25) is 0 Å². The van der Waals surface area contributed by atoms with E-state index in [0.29, 0.717) is 0 Å². The third-order valence-electron chi connectivity index (χ3n) is 3.74. The second kappa shape index (κ2) is 14.3. The first-order valence-electron chi connectivity index (χ1n) is 8.58. The monoisotopic (exact) mass is 272 g/mol. The summed E-state index contributed by atoms with van der Waals surface area (Å²) in [5, 5.41) is 9.83. The first-order valence-corrected chi connectivity index (χ1v) is 8.58. The van der Waals surface area contributed by atoms with Gasteiger partial charge in [-0.25, -0.2) is 0 Å². The zero-order chi connectivity index (χ0) is 14.3. The summed E-state index contributed by atoms with van der Waals surface area (Å²) in [4.78, 5) is 0. The molecule has 0 aliphatic carbocycles. The van der Waals surface area contributed by atoms with Crippen LogP contribution in [-0.2, 0) is 4.74 Å². The molecular weight excluding hydrogens is 236 g/mol. The molecule has 2 nitrogen and oxygen atoms in total. The number of unbranched alkanes of at least 4 members (excludes halogenated alkanes) is 7. The van der Waals surface area contributed by atoms with Crippen LogP contribution in [0.2, 0.25) is 0 Å². The number of hydrogen-bond acceptors (Lipinski definition) is 2. The molecule has 0 saturated carbocycles. The average molecular weight is 272 g/mol. The van der Waals surface area contributed by atoms with Crippen LogP contribution in [0.5, 0.6) is 0 Å². The maximum atomic E-state index is 9.83. The predicted molar refractivity (Wildman–Crippen MR) is 83.3 cm³/mol. The van der Waals surface area contributed by atoms with Crippen molar-refractivity contribution >= 4 is 0 Å². The van der Waals surface area contributed by atoms with E-state index in [-0.39, 0.29) is 6.10 Å². The van der Waals surface area contributed by atoms with E-state index >= 15 is 0 Å². The number of aliphatic hydroxyl groups excluding tert-OH is 1. The fourth-order valence-electron chi connectivity index (χ4n) is 2.38. The first kappa shape index (κ1) is 18.9. The van der Waals surface area contributed by atoms with E-state index in [1.807, 2.05) is 0 Å². The molecule has 0 bridgehead atoms. The van der Waals surface area contributed by atoms with Gasteiger partial charge < -0.3 is 9.84 Å². The standard InChI is InChI=1S/C17H36O2/c1-4-7-9-10-11-13-14-16(6-3)19-17(18)15-12-8-5-2/h16-18H,4-15H2,1-3H3/t16-,17?/m0/s1. The summed E-state index contributed by atoms with van der Waals surface area (Å²) in [6.07, 6.45) is 14.0. The molecule has 0 aliphatic heterocycles. The topological polar surface area (TPSA) is 29.5 Å². The van der Waals surface area contributed by atoms with Gasteiger partial charge in [0.05, 0.1) is 6.10 Å². The predicted octanol–water partition coefficient (Wildman–Crippen LogP) is 5.43. The molecule has 0 amide bonds. The Morgan fingerprint density at radius 2 is 1.26 bits per heavy atom. The first-order chi connectivity index (χ1) is 9.24. The van der Waals surface area contributed by atoms with E-state index in [1.54, 1.807) is 0 Å². The summed E-state index contributed by atoms with van der Waals surface area (Å²) in [5.74, 6) is 0. The lowest BCUT2D eigenvalue weighted by atomic mass is 10.1. The van der Waals surface area contributed by atoms with Gasteiger partial charge in [0.15, 0.2) is 6.29 Å². The average Bonchev–Trinajstić information content (AvgIpc) is 2.41. The Morgan fingerprint density at radius 1 is 0.737 bits per heavy atom. The van der Waals surface area contributed by atoms with Crippen molar-refractivity contribution in [1.29, 1.82) is 0 Å². The van der Waals surface area contributed by atoms with Gasteiger partial charge in [-0.15, -0.1) is 0 Å². The minimum atomic E-state index is -0.545. The van der Waals surface area contributed by atoms with E-state index in [2.05, 4.69) is 20.8 Å². The van der Waals surface area contributed by atoms with E-state index < -0.39 is 6.29 Å². The summed E-state index contributed by atoms with van der Waals surface area (Å²) >= 11 is 0. The Labute approximate surface area is 120 Å². The van der Waals surface area contributed by atoms with Crippen LogP contribution in [0.1, 0.15) is 97.8 Å². The van der Waals surface area contributed by atoms with Gasteiger partial charge in [0.25, 0.3) is 0 Å². The third kappa shape index (κ3) is 12.7. The number of hydrogen-bond donors (Lipinski definition) is 1. The molecule has 0 saturated heterocycles. The molecule has 19 heavy (non-hydrogen) atoms. The SMILES string of the molecule is CCCCCCCC[C@H](CC)OC(O)CCCCC. The van der Waals surface area contributed by atoms with Crippen molar-refractivity contribution in [2.24, 2.45) is 0 Å². The molecule has 0 rings (SSSR count). The molecule has 0 radical (unpaired) electrons. The van der Waals surface area contributed by atoms with Gasteiger partial charge in [0, 0.05) is 0 Å². The summed E-state index contributed by atoms with van der Waals surface area (Å²) in [7, 11) is 0. The quantitative estimate of drug-likeness (QED) is 0.337. The molecular formula is C17H36O2. The molecule has 0 aromatic carbocycles. The maximum absolute atomic E-state index is 9.83. The zero-order valence-corrected chi connectivity index (χ0v) is 13.5. The third-order valence-corrected chi connectivity index (χ3v) is 3.74. The molecule has 0 aromatic heterocycles. The van der Waals surface area contributed by atoms with Crippen molar-refractivity contribution in [3.05, 3.63) is 0 Å². The van der Waals surface area contributed by atoms with Gasteiger partial charge in [-0.1, -0.05) is 72.1 Å². The summed E-state index contributed by atoms with van der Waals surface area (Å²) < 4.78 is 5.73. The molecule has 116 valence electrons. The number of aliphatic hydroxyl groups is 1. The minimum Gasteiger partial charge on any atom is -0.368 e. The molecule has 0 fully saturated rings. The second-order valence-corrected chi connectivity index (χ2v) is 5.67. The van der Waals surface area contributed by atoms with Crippen molar-refractivity contribution in [3.63, 3.8) is 0 Å². The Morgan fingerprint density at radius 3 is 1.89 bits per heavy atom. The zero-order valence-electron chi connectivity index (χ0n) is 13.5. The van der Waals surface area contributed by atoms with Crippen molar-refractivity contribution in [3.8, 4) is 0 Å². The summed E-state index contributed by atoms with van der Waals surface area (Å²) in [6, 6.07) is 0. The number of ether oxygens (including phenoxy) is 1. The van der Waals surface area contributed by atoms with Crippen molar-refractivity contribution in [2.75, 3.05) is 0 Å². The van der Waals surface area contributed by atoms with Gasteiger partial charge >= 0.3 is 0 Å². The van der Waals surface area contributed by atoms with Crippen molar-refractivity contribution in [2.45, 2.75) is 110 Å². The highest BCUT2D eigenvalue weighted by molar-refractivity contribution is 4.58. The lowest BCUT2D eigenvalue weighted by Gasteiger charge is -2.20. The lowest BCUT2D eigenvalue weighted by Crippen LogP contribution is -2.21. The Balaban J connectivity index is 3.53. The highest BCUT2D eigenvalue weighted by Gasteiger charge is 2.12. The van der Waals surface area contributed by atoms with Crippen molar-refractivity contribution < 1.29 is 9.84 Å². The van der Waals surface area contributed by atoms with Crippen molar-refractivity contribution in [1.82, 2.24) is 0 Å². The van der Waals surface area contributed by atoms with E-state index in [4.69, 9.17) is 4.74 Å². The minimum absolute atomic E-state index is 0.253. The second-order valence-electron chi connectivity index (χ2n) is 5.67. The smallest absolute Gasteiger partial charge is 0.154 e. The maximum Gasteiger partial charge on any atom is 0.154 e. The van der Waals surface area contributed by atoms with Crippen LogP contribution in [-0.4, -0.2) is 17.5 Å². The van der Waals surface area contributed by atoms with Crippen LogP contribution in [0, 0.1) is 0 Å². The van der Waals surface area contributed by atoms with Gasteiger partial charge in [-0.05, 0) is 25.7 Å². The Bertz CT molecular complexity index is 171. The molecule has 2 atom stereocenters. The van der Waals surface area contributed by atoms with E-state index in [1.165, 1.54) is 51.4 Å². The molecule has 1 unspecified atom stereocenters. The lowest BCUT2D eigenvalue weighted by molar-refractivity contribution is -0.142. The van der Waals surface area contributed by atoms with Crippen LogP contribution in [0.4, 0.5) is 0 Å². The van der Waals surface area contributed by atoms with E-state index in [0.717, 1.165) is 25.7 Å². The van der Waals surface area contributed by atoms with Gasteiger partial charge in [0.1, 0.15) is 0 Å². The van der Waals surface area contributed by atoms with Crippen LogP contribution < -0.4 is 0 Å². The highest BCUT2D eigenvalue weighted by atomic mass is 16.6. The van der Waals surface area contributed by atoms with Gasteiger partial charge in [-0.2, -0.15) is 0 Å². The van der Waals surface area contributed by atoms with Crippen LogP contribution in [0.15, 0.2) is 0 Å². The Hall–Kier alpha value is -0.0800. The molecule has 2 heteroatoms. The van der Waals surface area contributed by atoms with Gasteiger partial charge in [-0.3, -0.25) is 0 Å². The summed E-state index contributed by atoms with van der Waals surface area (Å²) in [6.45, 7) is 6.59. The normalized spacial score (nSPS) is 14.5. The van der Waals surface area contributed by atoms with E-state index in [9.17, 15) is 5.11 Å². The highest BCUT2D eigenvalue weighted by Crippen LogP contribution is 2.15. The van der Waals surface area contributed by atoms with Crippen LogP contribution >= 0.6 is 0 Å². The largest absolute Gasteiger partial charge is 0.368 e. The molecule has 1 N–H and O–H groups in total. The molecule has 0 aromatic rings. The summed E-state index contributed by atoms with van der Waals surface area (Å²) in [5.41, 5.74) is 0. The fourth-order valence-corrected chi connectivity index (χ4v) is 2.38. The van der Waals surface area contributed by atoms with Crippen LogP contribution in [0.25, 0.3) is 0 Å². The molecule has 0 spiro atoms. The Kier molecular flexibility index (Phi) is 14.3. The van der Waals surface area contributed by atoms with Crippen LogP contribution in [0.3, 0.4) is 0 Å².